The van der Waals surface area contributed by atoms with Gasteiger partial charge < -0.3 is 10.6 Å². The molecule has 0 bridgehead atoms. The van der Waals surface area contributed by atoms with Crippen LogP contribution in [-0.2, 0) is 0 Å². The van der Waals surface area contributed by atoms with E-state index in [1.54, 1.807) is 11.3 Å². The Morgan fingerprint density at radius 1 is 1.22 bits per heavy atom. The topological polar surface area (TPSA) is 49.8 Å². The molecular formula is C13H18N4S. The van der Waals surface area contributed by atoms with Gasteiger partial charge in [0.15, 0.2) is 0 Å². The fraction of sp³-hybridized carbons (Fsp3) is 0.385. The van der Waals surface area contributed by atoms with Gasteiger partial charge in [-0.1, -0.05) is 6.07 Å². The van der Waals surface area contributed by atoms with Gasteiger partial charge in [-0.2, -0.15) is 0 Å². The number of likely N-dealkylation sites (N-methyl/N-ethyl adjacent to an activating group) is 1. The van der Waals surface area contributed by atoms with Crippen molar-refractivity contribution in [2.75, 3.05) is 18.9 Å². The molecule has 0 amide bonds. The Morgan fingerprint density at radius 3 is 2.61 bits per heavy atom. The van der Waals surface area contributed by atoms with Crippen LogP contribution in [-0.4, -0.2) is 29.3 Å². The van der Waals surface area contributed by atoms with Gasteiger partial charge >= 0.3 is 0 Å². The zero-order valence-electron chi connectivity index (χ0n) is 10.9. The summed E-state index contributed by atoms with van der Waals surface area (Å²) in [4.78, 5) is 1.14. The zero-order chi connectivity index (χ0) is 13.0. The van der Waals surface area contributed by atoms with Gasteiger partial charge in [0.05, 0.1) is 4.88 Å². The van der Waals surface area contributed by atoms with Gasteiger partial charge in [0.1, 0.15) is 11.5 Å². The summed E-state index contributed by atoms with van der Waals surface area (Å²) in [5, 5.41) is 17.0. The third-order valence-corrected chi connectivity index (χ3v) is 3.42. The van der Waals surface area contributed by atoms with Crippen molar-refractivity contribution in [1.29, 1.82) is 0 Å². The Morgan fingerprint density at radius 2 is 2.06 bits per heavy atom. The summed E-state index contributed by atoms with van der Waals surface area (Å²) in [6, 6.07) is 8.03. The first-order valence-corrected chi connectivity index (χ1v) is 6.79. The van der Waals surface area contributed by atoms with E-state index < -0.39 is 0 Å². The number of hydrogen-bond donors (Lipinski definition) is 2. The summed E-state index contributed by atoms with van der Waals surface area (Å²) in [5.41, 5.74) is 0.871. The second-order valence-corrected chi connectivity index (χ2v) is 5.77. The quantitative estimate of drug-likeness (QED) is 0.869. The Labute approximate surface area is 111 Å². The van der Waals surface area contributed by atoms with Gasteiger partial charge in [-0.05, 0) is 44.5 Å². The normalized spacial score (nSPS) is 11.5. The van der Waals surface area contributed by atoms with Gasteiger partial charge in [0, 0.05) is 12.1 Å². The second-order valence-electron chi connectivity index (χ2n) is 4.82. The molecule has 0 aliphatic heterocycles. The van der Waals surface area contributed by atoms with E-state index in [-0.39, 0.29) is 5.54 Å². The summed E-state index contributed by atoms with van der Waals surface area (Å²) in [7, 11) is 1.94. The van der Waals surface area contributed by atoms with Gasteiger partial charge in [0.25, 0.3) is 0 Å². The third kappa shape index (κ3) is 3.27. The molecule has 0 saturated heterocycles. The van der Waals surface area contributed by atoms with Crippen LogP contribution in [0.2, 0.25) is 0 Å². The molecule has 0 radical (unpaired) electrons. The molecule has 0 aliphatic rings. The van der Waals surface area contributed by atoms with Crippen molar-refractivity contribution in [2.24, 2.45) is 0 Å². The summed E-state index contributed by atoms with van der Waals surface area (Å²) >= 11 is 1.67. The average molecular weight is 262 g/mol. The molecule has 0 aromatic carbocycles. The standard InChI is InChI=1S/C13H18N4S/c1-13(2,9-14-3)15-12-7-6-10(16-17-12)11-5-4-8-18-11/h4-8,14H,9H2,1-3H3,(H,15,17). The largest absolute Gasteiger partial charge is 0.362 e. The molecule has 2 aromatic heterocycles. The van der Waals surface area contributed by atoms with E-state index in [0.29, 0.717) is 0 Å². The first-order valence-electron chi connectivity index (χ1n) is 5.91. The third-order valence-electron chi connectivity index (χ3n) is 2.52. The summed E-state index contributed by atoms with van der Waals surface area (Å²) in [6.07, 6.45) is 0. The number of anilines is 1. The van der Waals surface area contributed by atoms with Crippen molar-refractivity contribution in [3.05, 3.63) is 29.6 Å². The van der Waals surface area contributed by atoms with Crippen LogP contribution in [0.25, 0.3) is 10.6 Å². The maximum absolute atomic E-state index is 4.24. The lowest BCUT2D eigenvalue weighted by atomic mass is 10.1. The number of nitrogens with one attached hydrogen (secondary N) is 2. The molecule has 0 unspecified atom stereocenters. The van der Waals surface area contributed by atoms with Crippen LogP contribution < -0.4 is 10.6 Å². The van der Waals surface area contributed by atoms with Gasteiger partial charge in [-0.3, -0.25) is 0 Å². The molecule has 5 heteroatoms. The fourth-order valence-corrected chi connectivity index (χ4v) is 2.48. The number of rotatable bonds is 5. The highest BCUT2D eigenvalue weighted by atomic mass is 32.1. The summed E-state index contributed by atoms with van der Waals surface area (Å²) in [5.74, 6) is 0.801. The highest BCUT2D eigenvalue weighted by molar-refractivity contribution is 7.13. The smallest absolute Gasteiger partial charge is 0.149 e. The van der Waals surface area contributed by atoms with E-state index >= 15 is 0 Å². The Balaban J connectivity index is 2.09. The van der Waals surface area contributed by atoms with E-state index in [4.69, 9.17) is 0 Å². The van der Waals surface area contributed by atoms with E-state index in [9.17, 15) is 0 Å². The van der Waals surface area contributed by atoms with E-state index in [1.165, 1.54) is 0 Å². The van der Waals surface area contributed by atoms with Crippen molar-refractivity contribution in [1.82, 2.24) is 15.5 Å². The SMILES string of the molecule is CNCC(C)(C)Nc1ccc(-c2cccs2)nn1. The predicted octanol–water partition coefficient (Wildman–Crippen LogP) is 2.62. The van der Waals surface area contributed by atoms with Crippen LogP contribution in [0, 0.1) is 0 Å². The second kappa shape index (κ2) is 5.46. The number of thiophene rings is 1. The molecule has 96 valence electrons. The van der Waals surface area contributed by atoms with Gasteiger partial charge in [0.2, 0.25) is 0 Å². The molecule has 0 spiro atoms. The highest BCUT2D eigenvalue weighted by Crippen LogP contribution is 2.22. The van der Waals surface area contributed by atoms with Crippen molar-refractivity contribution < 1.29 is 0 Å². The molecule has 2 heterocycles. The van der Waals surface area contributed by atoms with E-state index in [2.05, 4.69) is 34.7 Å². The molecule has 2 N–H and O–H groups in total. The Bertz CT molecular complexity index is 476. The van der Waals surface area contributed by atoms with E-state index in [0.717, 1.165) is 22.9 Å². The zero-order valence-corrected chi connectivity index (χ0v) is 11.7. The minimum absolute atomic E-state index is 0.0477. The first kappa shape index (κ1) is 13.0. The lowest BCUT2D eigenvalue weighted by Crippen LogP contribution is -2.40. The number of aromatic nitrogens is 2. The lowest BCUT2D eigenvalue weighted by molar-refractivity contribution is 0.527. The molecule has 4 nitrogen and oxygen atoms in total. The van der Waals surface area contributed by atoms with Crippen LogP contribution in [0.5, 0.6) is 0 Å². The van der Waals surface area contributed by atoms with Crippen molar-refractivity contribution in [3.63, 3.8) is 0 Å². The van der Waals surface area contributed by atoms with Crippen LogP contribution in [0.3, 0.4) is 0 Å². The minimum Gasteiger partial charge on any atom is -0.362 e. The first-order chi connectivity index (χ1) is 8.61. The fourth-order valence-electron chi connectivity index (χ4n) is 1.79. The van der Waals surface area contributed by atoms with Crippen LogP contribution in [0.1, 0.15) is 13.8 Å². The van der Waals surface area contributed by atoms with Crippen molar-refractivity contribution in [3.8, 4) is 10.6 Å². The molecule has 2 rings (SSSR count). The van der Waals surface area contributed by atoms with Crippen LogP contribution in [0.4, 0.5) is 5.82 Å². The predicted molar refractivity (Wildman–Crippen MR) is 77.0 cm³/mol. The van der Waals surface area contributed by atoms with Crippen LogP contribution >= 0.6 is 11.3 Å². The lowest BCUT2D eigenvalue weighted by Gasteiger charge is -2.26. The molecule has 0 atom stereocenters. The molecule has 2 aromatic rings. The van der Waals surface area contributed by atoms with E-state index in [1.807, 2.05) is 36.7 Å². The van der Waals surface area contributed by atoms with Crippen LogP contribution in [0.15, 0.2) is 29.6 Å². The number of nitrogens with zero attached hydrogens (tertiary/aromatic N) is 2. The Kier molecular flexibility index (Phi) is 3.93. The minimum atomic E-state index is -0.0477. The van der Waals surface area contributed by atoms with Crippen molar-refractivity contribution in [2.45, 2.75) is 19.4 Å². The maximum Gasteiger partial charge on any atom is 0.149 e. The average Bonchev–Trinajstić information content (AvgIpc) is 2.82. The summed E-state index contributed by atoms with van der Waals surface area (Å²) < 4.78 is 0. The van der Waals surface area contributed by atoms with Gasteiger partial charge in [-0.15, -0.1) is 21.5 Å². The summed E-state index contributed by atoms with van der Waals surface area (Å²) in [6.45, 7) is 5.11. The maximum atomic E-state index is 4.24. The molecule has 0 saturated carbocycles. The van der Waals surface area contributed by atoms with Gasteiger partial charge in [-0.25, -0.2) is 0 Å². The molecular weight excluding hydrogens is 244 g/mol. The Hall–Kier alpha value is -1.46. The molecule has 18 heavy (non-hydrogen) atoms. The number of hydrogen-bond acceptors (Lipinski definition) is 5. The highest BCUT2D eigenvalue weighted by Gasteiger charge is 2.16. The van der Waals surface area contributed by atoms with Crippen molar-refractivity contribution >= 4 is 17.2 Å². The molecule has 0 fully saturated rings. The molecule has 0 aliphatic carbocycles. The monoisotopic (exact) mass is 262 g/mol.